The molecule has 1 amide bonds. The number of aromatic nitrogens is 2. The quantitative estimate of drug-likeness (QED) is 0.829. The zero-order valence-corrected chi connectivity index (χ0v) is 15.3. The zero-order chi connectivity index (χ0) is 17.4. The number of rotatable bonds is 2. The van der Waals surface area contributed by atoms with E-state index >= 15 is 0 Å². The summed E-state index contributed by atoms with van der Waals surface area (Å²) in [5.41, 5.74) is 3.95. The van der Waals surface area contributed by atoms with Crippen LogP contribution in [0.4, 0.5) is 0 Å². The van der Waals surface area contributed by atoms with Crippen LogP contribution in [0.15, 0.2) is 24.3 Å². The van der Waals surface area contributed by atoms with E-state index in [0.717, 1.165) is 63.1 Å². The summed E-state index contributed by atoms with van der Waals surface area (Å²) in [6.45, 7) is 3.40. The molecule has 0 radical (unpaired) electrons. The van der Waals surface area contributed by atoms with Gasteiger partial charge in [0.05, 0.1) is 5.69 Å². The molecule has 1 aromatic carbocycles. The van der Waals surface area contributed by atoms with Crippen LogP contribution in [0.3, 0.4) is 0 Å². The highest BCUT2D eigenvalue weighted by molar-refractivity contribution is 6.30. The van der Waals surface area contributed by atoms with Crippen molar-refractivity contribution in [3.8, 4) is 5.69 Å². The Morgan fingerprint density at radius 1 is 1.04 bits per heavy atom. The summed E-state index contributed by atoms with van der Waals surface area (Å²) in [6.07, 6.45) is 4.19. The minimum atomic E-state index is 0.0824. The molecular weight excluding hydrogens is 336 g/mol. The number of halogens is 1. The van der Waals surface area contributed by atoms with Crippen molar-refractivity contribution < 1.29 is 4.79 Å². The third-order valence-electron chi connectivity index (χ3n) is 5.24. The Labute approximate surface area is 153 Å². The van der Waals surface area contributed by atoms with Crippen LogP contribution < -0.4 is 0 Å². The Kier molecular flexibility index (Phi) is 4.52. The largest absolute Gasteiger partial charge is 0.335 e. The molecule has 0 N–H and O–H groups in total. The standard InChI is InChI=1S/C19H23ClN4O/c1-22-10-12-23(13-11-22)19(25)18-16-4-2-3-5-17(16)24(21-18)15-8-6-14(20)7-9-15/h6-9H,2-5,10-13H2,1H3. The molecule has 1 fully saturated rings. The maximum absolute atomic E-state index is 13.1. The van der Waals surface area contributed by atoms with Crippen molar-refractivity contribution in [2.45, 2.75) is 25.7 Å². The minimum Gasteiger partial charge on any atom is -0.335 e. The fourth-order valence-electron chi connectivity index (χ4n) is 3.73. The first-order valence-electron chi connectivity index (χ1n) is 8.98. The number of carbonyl (C=O) groups is 1. The lowest BCUT2D eigenvalue weighted by molar-refractivity contribution is 0.0656. The highest BCUT2D eigenvalue weighted by Gasteiger charge is 2.29. The molecule has 4 rings (SSSR count). The van der Waals surface area contributed by atoms with Crippen LogP contribution in [-0.2, 0) is 12.8 Å². The molecule has 0 saturated carbocycles. The molecule has 0 atom stereocenters. The van der Waals surface area contributed by atoms with Crippen LogP contribution >= 0.6 is 11.6 Å². The predicted molar refractivity (Wildman–Crippen MR) is 98.6 cm³/mol. The highest BCUT2D eigenvalue weighted by atomic mass is 35.5. The van der Waals surface area contributed by atoms with Gasteiger partial charge in [-0.25, -0.2) is 4.68 Å². The molecule has 25 heavy (non-hydrogen) atoms. The van der Waals surface area contributed by atoms with E-state index in [1.54, 1.807) is 0 Å². The van der Waals surface area contributed by atoms with Crippen LogP contribution in [0, 0.1) is 0 Å². The van der Waals surface area contributed by atoms with Gasteiger partial charge >= 0.3 is 0 Å². The van der Waals surface area contributed by atoms with Gasteiger partial charge in [0.15, 0.2) is 5.69 Å². The Morgan fingerprint density at radius 2 is 1.72 bits per heavy atom. The van der Waals surface area contributed by atoms with Gasteiger partial charge in [-0.3, -0.25) is 4.79 Å². The third kappa shape index (κ3) is 3.18. The van der Waals surface area contributed by atoms with E-state index in [0.29, 0.717) is 10.7 Å². The molecule has 1 aliphatic carbocycles. The first-order valence-corrected chi connectivity index (χ1v) is 9.36. The lowest BCUT2D eigenvalue weighted by Crippen LogP contribution is -2.47. The molecule has 0 spiro atoms. The third-order valence-corrected chi connectivity index (χ3v) is 5.50. The number of fused-ring (bicyclic) bond motifs is 1. The van der Waals surface area contributed by atoms with E-state index in [1.807, 2.05) is 33.8 Å². The molecule has 1 aliphatic heterocycles. The Hall–Kier alpha value is -1.85. The normalized spacial score (nSPS) is 18.2. The van der Waals surface area contributed by atoms with Crippen LogP contribution in [0.25, 0.3) is 5.69 Å². The molecule has 2 aliphatic rings. The summed E-state index contributed by atoms with van der Waals surface area (Å²) < 4.78 is 1.95. The Balaban J connectivity index is 1.70. The molecule has 1 saturated heterocycles. The van der Waals surface area contributed by atoms with Gasteiger partial charge in [-0.15, -0.1) is 0 Å². The minimum absolute atomic E-state index is 0.0824. The molecule has 6 heteroatoms. The van der Waals surface area contributed by atoms with E-state index in [1.165, 1.54) is 5.69 Å². The van der Waals surface area contributed by atoms with Gasteiger partial charge in [0.1, 0.15) is 0 Å². The van der Waals surface area contributed by atoms with Crippen molar-refractivity contribution in [2.24, 2.45) is 0 Å². The molecule has 0 bridgehead atoms. The molecule has 2 aromatic rings. The first kappa shape index (κ1) is 16.6. The summed E-state index contributed by atoms with van der Waals surface area (Å²) in [4.78, 5) is 17.3. The van der Waals surface area contributed by atoms with Crippen molar-refractivity contribution >= 4 is 17.5 Å². The smallest absolute Gasteiger partial charge is 0.274 e. The molecule has 5 nitrogen and oxygen atoms in total. The summed E-state index contributed by atoms with van der Waals surface area (Å²) >= 11 is 6.02. The van der Waals surface area contributed by atoms with Crippen molar-refractivity contribution in [1.29, 1.82) is 0 Å². The van der Waals surface area contributed by atoms with Crippen molar-refractivity contribution in [2.75, 3.05) is 33.2 Å². The molecule has 0 unspecified atom stereocenters. The SMILES string of the molecule is CN1CCN(C(=O)c2nn(-c3ccc(Cl)cc3)c3c2CCCC3)CC1. The maximum Gasteiger partial charge on any atom is 0.274 e. The number of nitrogens with zero attached hydrogens (tertiary/aromatic N) is 4. The van der Waals surface area contributed by atoms with Crippen LogP contribution in [-0.4, -0.2) is 58.7 Å². The van der Waals surface area contributed by atoms with Crippen LogP contribution in [0.5, 0.6) is 0 Å². The number of piperazine rings is 1. The molecule has 2 heterocycles. The second-order valence-corrected chi connectivity index (χ2v) is 7.40. The number of carbonyl (C=O) groups excluding carboxylic acids is 1. The average molecular weight is 359 g/mol. The number of hydrogen-bond acceptors (Lipinski definition) is 3. The molecule has 132 valence electrons. The monoisotopic (exact) mass is 358 g/mol. The van der Waals surface area contributed by atoms with E-state index in [-0.39, 0.29) is 5.91 Å². The fourth-order valence-corrected chi connectivity index (χ4v) is 3.85. The Bertz CT molecular complexity index is 775. The topological polar surface area (TPSA) is 41.4 Å². The van der Waals surface area contributed by atoms with E-state index in [4.69, 9.17) is 16.7 Å². The predicted octanol–water partition coefficient (Wildman–Crippen LogP) is 2.79. The Morgan fingerprint density at radius 3 is 2.44 bits per heavy atom. The summed E-state index contributed by atoms with van der Waals surface area (Å²) in [5, 5.41) is 5.46. The fraction of sp³-hybridized carbons (Fsp3) is 0.474. The maximum atomic E-state index is 13.1. The number of hydrogen-bond donors (Lipinski definition) is 0. The summed E-state index contributed by atoms with van der Waals surface area (Å²) in [6, 6.07) is 7.67. The molecular formula is C19H23ClN4O. The zero-order valence-electron chi connectivity index (χ0n) is 14.5. The van der Waals surface area contributed by atoms with Gasteiger partial charge in [-0.05, 0) is 57.0 Å². The lowest BCUT2D eigenvalue weighted by Gasteiger charge is -2.32. The number of benzene rings is 1. The average Bonchev–Trinajstić information content (AvgIpc) is 3.02. The second kappa shape index (κ2) is 6.81. The second-order valence-electron chi connectivity index (χ2n) is 6.96. The summed E-state index contributed by atoms with van der Waals surface area (Å²) in [5.74, 6) is 0.0824. The van der Waals surface area contributed by atoms with E-state index in [9.17, 15) is 4.79 Å². The highest BCUT2D eigenvalue weighted by Crippen LogP contribution is 2.28. The van der Waals surface area contributed by atoms with Crippen LogP contribution in [0.1, 0.15) is 34.6 Å². The summed E-state index contributed by atoms with van der Waals surface area (Å²) in [7, 11) is 2.10. The van der Waals surface area contributed by atoms with Crippen molar-refractivity contribution in [3.05, 3.63) is 46.2 Å². The van der Waals surface area contributed by atoms with Gasteiger partial charge in [-0.1, -0.05) is 11.6 Å². The van der Waals surface area contributed by atoms with Crippen molar-refractivity contribution in [3.63, 3.8) is 0 Å². The lowest BCUT2D eigenvalue weighted by atomic mass is 9.95. The van der Waals surface area contributed by atoms with Gasteiger partial charge in [0.25, 0.3) is 5.91 Å². The van der Waals surface area contributed by atoms with E-state index < -0.39 is 0 Å². The first-order chi connectivity index (χ1) is 12.1. The number of amides is 1. The van der Waals surface area contributed by atoms with Gasteiger partial charge in [0.2, 0.25) is 0 Å². The van der Waals surface area contributed by atoms with Gasteiger partial charge < -0.3 is 9.80 Å². The van der Waals surface area contributed by atoms with Gasteiger partial charge in [-0.2, -0.15) is 5.10 Å². The van der Waals surface area contributed by atoms with Crippen LogP contribution in [0.2, 0.25) is 5.02 Å². The molecule has 1 aromatic heterocycles. The van der Waals surface area contributed by atoms with E-state index in [2.05, 4.69) is 11.9 Å². The number of likely N-dealkylation sites (N-methyl/N-ethyl adjacent to an activating group) is 1. The van der Waals surface area contributed by atoms with Crippen molar-refractivity contribution in [1.82, 2.24) is 19.6 Å². The van der Waals surface area contributed by atoms with Gasteiger partial charge in [0, 0.05) is 42.5 Å².